The van der Waals surface area contributed by atoms with Crippen LogP contribution in [0.1, 0.15) is 5.56 Å². The molecule has 2 amide bonds. The molecular formula is C21H22N2O5. The van der Waals surface area contributed by atoms with E-state index in [4.69, 9.17) is 14.2 Å². The highest BCUT2D eigenvalue weighted by Gasteiger charge is 2.39. The van der Waals surface area contributed by atoms with Crippen LogP contribution in [0.5, 0.6) is 11.5 Å². The van der Waals surface area contributed by atoms with Gasteiger partial charge >= 0.3 is 0 Å². The fourth-order valence-electron chi connectivity index (χ4n) is 3.00. The third kappa shape index (κ3) is 3.70. The van der Waals surface area contributed by atoms with E-state index in [9.17, 15) is 9.59 Å². The molecule has 0 aliphatic carbocycles. The van der Waals surface area contributed by atoms with E-state index in [1.165, 1.54) is 19.1 Å². The van der Waals surface area contributed by atoms with Crippen molar-refractivity contribution < 1.29 is 23.8 Å². The summed E-state index contributed by atoms with van der Waals surface area (Å²) in [4.78, 5) is 27.2. The first-order valence-corrected chi connectivity index (χ1v) is 8.74. The van der Waals surface area contributed by atoms with Gasteiger partial charge in [-0.25, -0.2) is 0 Å². The maximum absolute atomic E-state index is 13.0. The fourth-order valence-corrected chi connectivity index (χ4v) is 3.00. The van der Waals surface area contributed by atoms with E-state index in [0.29, 0.717) is 28.3 Å². The van der Waals surface area contributed by atoms with Gasteiger partial charge in [-0.2, -0.15) is 0 Å². The standard InChI is InChI=1S/C21H22N2O5/c1-26-12-11-23-20(24)18(14-7-5-4-6-8-14)19(21(23)25)22-16-13-15(27-2)9-10-17(16)28-3/h4-10,13,22H,11-12H2,1-3H3. The summed E-state index contributed by atoms with van der Waals surface area (Å²) in [5, 5.41) is 3.09. The molecule has 7 heteroatoms. The van der Waals surface area contributed by atoms with Gasteiger partial charge in [0.2, 0.25) is 0 Å². The molecule has 1 aliphatic rings. The summed E-state index contributed by atoms with van der Waals surface area (Å²) in [6, 6.07) is 14.3. The van der Waals surface area contributed by atoms with Crippen LogP contribution in [-0.4, -0.2) is 51.2 Å². The number of anilines is 1. The zero-order valence-corrected chi connectivity index (χ0v) is 16.0. The Kier molecular flexibility index (Phi) is 5.96. The number of carbonyl (C=O) groups is 2. The van der Waals surface area contributed by atoms with Crippen LogP contribution >= 0.6 is 0 Å². The molecule has 0 spiro atoms. The van der Waals surface area contributed by atoms with E-state index in [-0.39, 0.29) is 24.8 Å². The molecule has 0 aromatic heterocycles. The van der Waals surface area contributed by atoms with Gasteiger partial charge in [-0.05, 0) is 17.7 Å². The number of imide groups is 1. The van der Waals surface area contributed by atoms with E-state index in [2.05, 4.69) is 5.32 Å². The van der Waals surface area contributed by atoms with Gasteiger partial charge < -0.3 is 19.5 Å². The summed E-state index contributed by atoms with van der Waals surface area (Å²) < 4.78 is 15.7. The van der Waals surface area contributed by atoms with E-state index in [1.54, 1.807) is 37.4 Å². The highest BCUT2D eigenvalue weighted by Crippen LogP contribution is 2.35. The lowest BCUT2D eigenvalue weighted by Gasteiger charge is -2.15. The first kappa shape index (κ1) is 19.4. The van der Waals surface area contributed by atoms with Crippen LogP contribution in [0.15, 0.2) is 54.2 Å². The van der Waals surface area contributed by atoms with Crippen LogP contribution in [0.2, 0.25) is 0 Å². The summed E-state index contributed by atoms with van der Waals surface area (Å²) in [5.41, 5.74) is 1.69. The summed E-state index contributed by atoms with van der Waals surface area (Å²) in [7, 11) is 4.61. The highest BCUT2D eigenvalue weighted by atomic mass is 16.5. The van der Waals surface area contributed by atoms with Crippen molar-refractivity contribution >= 4 is 23.1 Å². The van der Waals surface area contributed by atoms with E-state index < -0.39 is 5.91 Å². The smallest absolute Gasteiger partial charge is 0.278 e. The predicted molar refractivity (Wildman–Crippen MR) is 105 cm³/mol. The third-order valence-electron chi connectivity index (χ3n) is 4.42. The van der Waals surface area contributed by atoms with Gasteiger partial charge in [0.25, 0.3) is 11.8 Å². The Morgan fingerprint density at radius 3 is 2.32 bits per heavy atom. The molecule has 1 aliphatic heterocycles. The second kappa shape index (κ2) is 8.58. The first-order valence-electron chi connectivity index (χ1n) is 8.74. The Hall–Kier alpha value is -3.32. The molecule has 0 unspecified atom stereocenters. The number of amides is 2. The quantitative estimate of drug-likeness (QED) is 0.707. The fraction of sp³-hybridized carbons (Fsp3) is 0.238. The minimum absolute atomic E-state index is 0.172. The van der Waals surface area contributed by atoms with Gasteiger partial charge in [0, 0.05) is 13.2 Å². The lowest BCUT2D eigenvalue weighted by molar-refractivity contribution is -0.137. The Balaban J connectivity index is 2.07. The Bertz CT molecular complexity index is 908. The molecule has 1 heterocycles. The average Bonchev–Trinajstić information content (AvgIpc) is 2.96. The van der Waals surface area contributed by atoms with Gasteiger partial charge in [-0.3, -0.25) is 14.5 Å². The average molecular weight is 382 g/mol. The van der Waals surface area contributed by atoms with Crippen molar-refractivity contribution in [2.75, 3.05) is 39.8 Å². The number of benzene rings is 2. The molecule has 1 N–H and O–H groups in total. The Morgan fingerprint density at radius 1 is 0.929 bits per heavy atom. The Labute approximate surface area is 163 Å². The van der Waals surface area contributed by atoms with Gasteiger partial charge in [0.1, 0.15) is 17.2 Å². The van der Waals surface area contributed by atoms with Crippen molar-refractivity contribution in [1.82, 2.24) is 4.90 Å². The van der Waals surface area contributed by atoms with Crippen molar-refractivity contribution in [3.8, 4) is 11.5 Å². The monoisotopic (exact) mass is 382 g/mol. The molecule has 146 valence electrons. The Morgan fingerprint density at radius 2 is 1.68 bits per heavy atom. The summed E-state index contributed by atoms with van der Waals surface area (Å²) >= 11 is 0. The van der Waals surface area contributed by atoms with Crippen molar-refractivity contribution in [2.24, 2.45) is 0 Å². The number of hydrogen-bond acceptors (Lipinski definition) is 6. The second-order valence-electron chi connectivity index (χ2n) is 6.06. The molecule has 0 bridgehead atoms. The molecule has 2 aromatic carbocycles. The first-order chi connectivity index (χ1) is 13.6. The van der Waals surface area contributed by atoms with Crippen molar-refractivity contribution in [2.45, 2.75) is 0 Å². The third-order valence-corrected chi connectivity index (χ3v) is 4.42. The maximum atomic E-state index is 13.0. The molecule has 0 fully saturated rings. The second-order valence-corrected chi connectivity index (χ2v) is 6.06. The van der Waals surface area contributed by atoms with Crippen LogP contribution in [0.3, 0.4) is 0 Å². The molecule has 0 saturated carbocycles. The molecule has 3 rings (SSSR count). The van der Waals surface area contributed by atoms with Gasteiger partial charge in [0.15, 0.2) is 0 Å². The van der Waals surface area contributed by atoms with Crippen molar-refractivity contribution in [3.63, 3.8) is 0 Å². The predicted octanol–water partition coefficient (Wildman–Crippen LogP) is 2.54. The number of nitrogens with zero attached hydrogens (tertiary/aromatic N) is 1. The molecule has 0 atom stereocenters. The largest absolute Gasteiger partial charge is 0.497 e. The van der Waals surface area contributed by atoms with Crippen LogP contribution in [-0.2, 0) is 14.3 Å². The van der Waals surface area contributed by atoms with Crippen LogP contribution in [0.25, 0.3) is 5.57 Å². The van der Waals surface area contributed by atoms with Crippen molar-refractivity contribution in [3.05, 3.63) is 59.8 Å². The van der Waals surface area contributed by atoms with Gasteiger partial charge in [-0.1, -0.05) is 30.3 Å². The highest BCUT2D eigenvalue weighted by molar-refractivity contribution is 6.36. The summed E-state index contributed by atoms with van der Waals surface area (Å²) in [6.07, 6.45) is 0. The molecule has 28 heavy (non-hydrogen) atoms. The number of rotatable bonds is 8. The minimum atomic E-state index is -0.411. The van der Waals surface area contributed by atoms with E-state index >= 15 is 0 Å². The van der Waals surface area contributed by atoms with Crippen LogP contribution in [0, 0.1) is 0 Å². The summed E-state index contributed by atoms with van der Waals surface area (Å²) in [5.74, 6) is 0.345. The lowest BCUT2D eigenvalue weighted by atomic mass is 10.0. The van der Waals surface area contributed by atoms with E-state index in [1.807, 2.05) is 18.2 Å². The number of hydrogen-bond donors (Lipinski definition) is 1. The maximum Gasteiger partial charge on any atom is 0.278 e. The molecule has 0 saturated heterocycles. The number of nitrogens with one attached hydrogen (secondary N) is 1. The molecular weight excluding hydrogens is 360 g/mol. The van der Waals surface area contributed by atoms with Crippen LogP contribution in [0.4, 0.5) is 5.69 Å². The molecule has 7 nitrogen and oxygen atoms in total. The zero-order chi connectivity index (χ0) is 20.1. The van der Waals surface area contributed by atoms with E-state index in [0.717, 1.165) is 0 Å². The van der Waals surface area contributed by atoms with Gasteiger partial charge in [-0.15, -0.1) is 0 Å². The molecule has 0 radical (unpaired) electrons. The lowest BCUT2D eigenvalue weighted by Crippen LogP contribution is -2.35. The number of ether oxygens (including phenoxy) is 3. The number of carbonyl (C=O) groups excluding carboxylic acids is 2. The number of methoxy groups -OCH3 is 3. The minimum Gasteiger partial charge on any atom is -0.497 e. The topological polar surface area (TPSA) is 77.1 Å². The molecule has 2 aromatic rings. The van der Waals surface area contributed by atoms with Crippen molar-refractivity contribution in [1.29, 1.82) is 0 Å². The van der Waals surface area contributed by atoms with Crippen LogP contribution < -0.4 is 14.8 Å². The SMILES string of the molecule is COCCN1C(=O)C(Nc2cc(OC)ccc2OC)=C(c2ccccc2)C1=O. The summed E-state index contributed by atoms with van der Waals surface area (Å²) in [6.45, 7) is 0.431. The zero-order valence-electron chi connectivity index (χ0n) is 16.0. The normalized spacial score (nSPS) is 13.9. The van der Waals surface area contributed by atoms with Gasteiger partial charge in [0.05, 0.1) is 38.6 Å².